The Hall–Kier alpha value is -1.51. The average molecular weight is 322 g/mol. The Morgan fingerprint density at radius 1 is 1.38 bits per heavy atom. The van der Waals surface area contributed by atoms with Crippen molar-refractivity contribution in [1.29, 1.82) is 0 Å². The number of carbonyl (C=O) groups is 1. The first-order valence-electron chi connectivity index (χ1n) is 6.13. The van der Waals surface area contributed by atoms with Gasteiger partial charge in [0, 0.05) is 13.1 Å². The normalized spacial score (nSPS) is 21.6. The van der Waals surface area contributed by atoms with Gasteiger partial charge < -0.3 is 9.47 Å². The van der Waals surface area contributed by atoms with Crippen LogP contribution in [0.5, 0.6) is 5.88 Å². The van der Waals surface area contributed by atoms with Crippen molar-refractivity contribution in [3.63, 3.8) is 0 Å². The summed E-state index contributed by atoms with van der Waals surface area (Å²) in [5.41, 5.74) is -1.03. The van der Waals surface area contributed by atoms with Gasteiger partial charge in [-0.2, -0.15) is 18.2 Å². The lowest BCUT2D eigenvalue weighted by atomic mass is 9.92. The quantitative estimate of drug-likeness (QED) is 0.482. The summed E-state index contributed by atoms with van der Waals surface area (Å²) in [6.07, 6.45) is -2.33. The highest BCUT2D eigenvalue weighted by atomic mass is 32.2. The standard InChI is InChI=1S/C12H13F3N2O3S/c1-6(18)19-8-3-4-9(8)20-10-7(12(13,14)15)5-16-11(17-10)21-2/h5,8-9H,3-4H2,1-2H3/t8-,9-/m0/s1. The van der Waals surface area contributed by atoms with Gasteiger partial charge in [0.2, 0.25) is 5.88 Å². The van der Waals surface area contributed by atoms with Crippen LogP contribution in [0.1, 0.15) is 25.3 Å². The van der Waals surface area contributed by atoms with Crippen molar-refractivity contribution < 1.29 is 27.4 Å². The molecule has 9 heteroatoms. The Kier molecular flexibility index (Phi) is 4.60. The highest BCUT2D eigenvalue weighted by molar-refractivity contribution is 7.98. The molecule has 1 aliphatic rings. The van der Waals surface area contributed by atoms with Crippen LogP contribution in [0.15, 0.2) is 11.4 Å². The summed E-state index contributed by atoms with van der Waals surface area (Å²) in [4.78, 5) is 18.3. The second-order valence-electron chi connectivity index (χ2n) is 4.45. The molecule has 1 aromatic rings. The van der Waals surface area contributed by atoms with Gasteiger partial charge >= 0.3 is 12.1 Å². The minimum Gasteiger partial charge on any atom is -0.470 e. The molecule has 5 nitrogen and oxygen atoms in total. The molecular weight excluding hydrogens is 309 g/mol. The fourth-order valence-electron chi connectivity index (χ4n) is 1.80. The highest BCUT2D eigenvalue weighted by Crippen LogP contribution is 2.37. The predicted octanol–water partition coefficient (Wildman–Crippen LogP) is 2.69. The lowest BCUT2D eigenvalue weighted by Crippen LogP contribution is -2.44. The third-order valence-electron chi connectivity index (χ3n) is 2.95. The van der Waals surface area contributed by atoms with Crippen molar-refractivity contribution >= 4 is 17.7 Å². The zero-order valence-electron chi connectivity index (χ0n) is 11.3. The van der Waals surface area contributed by atoms with Crippen molar-refractivity contribution in [2.24, 2.45) is 0 Å². The van der Waals surface area contributed by atoms with Crippen LogP contribution in [0.25, 0.3) is 0 Å². The van der Waals surface area contributed by atoms with Crippen molar-refractivity contribution in [3.05, 3.63) is 11.8 Å². The van der Waals surface area contributed by atoms with Gasteiger partial charge in [0.1, 0.15) is 17.8 Å². The topological polar surface area (TPSA) is 61.3 Å². The van der Waals surface area contributed by atoms with Gasteiger partial charge in [0.05, 0.1) is 0 Å². The zero-order chi connectivity index (χ0) is 15.6. The Bertz CT molecular complexity index is 539. The van der Waals surface area contributed by atoms with Gasteiger partial charge in [0.15, 0.2) is 5.16 Å². The summed E-state index contributed by atoms with van der Waals surface area (Å²) in [6, 6.07) is 0. The number of ether oxygens (including phenoxy) is 2. The molecule has 1 aromatic heterocycles. The van der Waals surface area contributed by atoms with E-state index in [0.29, 0.717) is 19.0 Å². The van der Waals surface area contributed by atoms with E-state index in [2.05, 4.69) is 9.97 Å². The Morgan fingerprint density at radius 2 is 2.05 bits per heavy atom. The molecule has 1 heterocycles. The third-order valence-corrected chi connectivity index (χ3v) is 3.51. The van der Waals surface area contributed by atoms with E-state index in [1.165, 1.54) is 6.92 Å². The van der Waals surface area contributed by atoms with Gasteiger partial charge in [-0.05, 0) is 19.1 Å². The molecule has 0 aliphatic heterocycles. The smallest absolute Gasteiger partial charge is 0.423 e. The first kappa shape index (κ1) is 15.9. The van der Waals surface area contributed by atoms with Gasteiger partial charge in [-0.1, -0.05) is 11.8 Å². The molecule has 2 atom stereocenters. The second-order valence-corrected chi connectivity index (χ2v) is 5.23. The lowest BCUT2D eigenvalue weighted by molar-refractivity contribution is -0.161. The van der Waals surface area contributed by atoms with E-state index in [1.54, 1.807) is 6.26 Å². The van der Waals surface area contributed by atoms with E-state index in [9.17, 15) is 18.0 Å². The van der Waals surface area contributed by atoms with E-state index >= 15 is 0 Å². The van der Waals surface area contributed by atoms with Crippen LogP contribution in [-0.2, 0) is 15.7 Å². The van der Waals surface area contributed by atoms with E-state index in [1.807, 2.05) is 0 Å². The molecular formula is C12H13F3N2O3S. The SMILES string of the molecule is CSc1ncc(C(F)(F)F)c(O[C@H]2CC[C@@H]2OC(C)=O)n1. The molecule has 0 saturated heterocycles. The number of thioether (sulfide) groups is 1. The van der Waals surface area contributed by atoms with Crippen LogP contribution in [0.2, 0.25) is 0 Å². The van der Waals surface area contributed by atoms with Crippen LogP contribution in [-0.4, -0.2) is 34.4 Å². The number of alkyl halides is 3. The molecule has 1 fully saturated rings. The maximum absolute atomic E-state index is 12.9. The number of hydrogen-bond acceptors (Lipinski definition) is 6. The van der Waals surface area contributed by atoms with Crippen LogP contribution in [0.3, 0.4) is 0 Å². The molecule has 116 valence electrons. The van der Waals surface area contributed by atoms with Crippen LogP contribution >= 0.6 is 11.8 Å². The van der Waals surface area contributed by atoms with Gasteiger partial charge in [-0.3, -0.25) is 4.79 Å². The Labute approximate surface area is 123 Å². The molecule has 0 N–H and O–H groups in total. The maximum Gasteiger partial charge on any atom is 0.423 e. The predicted molar refractivity (Wildman–Crippen MR) is 68.0 cm³/mol. The fraction of sp³-hybridized carbons (Fsp3) is 0.583. The lowest BCUT2D eigenvalue weighted by Gasteiger charge is -2.35. The largest absolute Gasteiger partial charge is 0.470 e. The molecule has 21 heavy (non-hydrogen) atoms. The number of aromatic nitrogens is 2. The Balaban J connectivity index is 2.20. The number of hydrogen-bond donors (Lipinski definition) is 0. The molecule has 0 spiro atoms. The molecule has 0 radical (unpaired) electrons. The molecule has 0 amide bonds. The number of carbonyl (C=O) groups excluding carboxylic acids is 1. The van der Waals surface area contributed by atoms with Crippen molar-refractivity contribution in [1.82, 2.24) is 9.97 Å². The number of rotatable bonds is 4. The molecule has 1 saturated carbocycles. The maximum atomic E-state index is 12.9. The van der Waals surface area contributed by atoms with Gasteiger partial charge in [-0.15, -0.1) is 0 Å². The summed E-state index contributed by atoms with van der Waals surface area (Å²) in [7, 11) is 0. The summed E-state index contributed by atoms with van der Waals surface area (Å²) < 4.78 is 49.0. The monoisotopic (exact) mass is 322 g/mol. The van der Waals surface area contributed by atoms with Gasteiger partial charge in [-0.25, -0.2) is 4.98 Å². The third kappa shape index (κ3) is 3.78. The fourth-order valence-corrected chi connectivity index (χ4v) is 2.13. The summed E-state index contributed by atoms with van der Waals surface area (Å²) in [6.45, 7) is 1.24. The number of nitrogens with zero attached hydrogens (tertiary/aromatic N) is 2. The average Bonchev–Trinajstić information content (AvgIpc) is 2.39. The molecule has 2 rings (SSSR count). The minimum atomic E-state index is -4.60. The van der Waals surface area contributed by atoms with Crippen LogP contribution < -0.4 is 4.74 Å². The second kappa shape index (κ2) is 6.08. The van der Waals surface area contributed by atoms with E-state index < -0.39 is 35.8 Å². The highest BCUT2D eigenvalue weighted by Gasteiger charge is 2.40. The summed E-state index contributed by atoms with van der Waals surface area (Å²) in [5, 5.41) is 0.182. The zero-order valence-corrected chi connectivity index (χ0v) is 12.1. The summed E-state index contributed by atoms with van der Waals surface area (Å²) in [5.74, 6) is -1.01. The van der Waals surface area contributed by atoms with Crippen molar-refractivity contribution in [2.75, 3.05) is 6.26 Å². The van der Waals surface area contributed by atoms with Crippen LogP contribution in [0, 0.1) is 0 Å². The van der Waals surface area contributed by atoms with Crippen molar-refractivity contribution in [2.45, 2.75) is 43.3 Å². The Morgan fingerprint density at radius 3 is 2.52 bits per heavy atom. The van der Waals surface area contributed by atoms with E-state index in [0.717, 1.165) is 11.8 Å². The number of esters is 1. The molecule has 1 aliphatic carbocycles. The molecule has 0 unspecified atom stereocenters. The minimum absolute atomic E-state index is 0.182. The number of halogens is 3. The summed E-state index contributed by atoms with van der Waals surface area (Å²) >= 11 is 1.11. The van der Waals surface area contributed by atoms with Crippen molar-refractivity contribution in [3.8, 4) is 5.88 Å². The first-order chi connectivity index (χ1) is 9.81. The van der Waals surface area contributed by atoms with E-state index in [-0.39, 0.29) is 5.16 Å². The first-order valence-corrected chi connectivity index (χ1v) is 7.36. The van der Waals surface area contributed by atoms with Crippen LogP contribution in [0.4, 0.5) is 13.2 Å². The van der Waals surface area contributed by atoms with E-state index in [4.69, 9.17) is 9.47 Å². The molecule has 0 aromatic carbocycles. The molecule has 0 bridgehead atoms. The van der Waals surface area contributed by atoms with Gasteiger partial charge in [0.25, 0.3) is 0 Å².